The molecule has 0 radical (unpaired) electrons. The van der Waals surface area contributed by atoms with Crippen LogP contribution in [0.15, 0.2) is 18.2 Å². The molecular weight excluding hydrogens is 417 g/mol. The van der Waals surface area contributed by atoms with Crippen LogP contribution in [-0.4, -0.2) is 18.5 Å². The minimum absolute atomic E-state index is 0.152. The Balaban J connectivity index is 1.83. The predicted octanol–water partition coefficient (Wildman–Crippen LogP) is 5.93. The van der Waals surface area contributed by atoms with E-state index in [1.165, 1.54) is 16.2 Å². The van der Waals surface area contributed by atoms with Gasteiger partial charge in [0.1, 0.15) is 5.00 Å². The van der Waals surface area contributed by atoms with E-state index < -0.39 is 0 Å². The normalized spacial score (nSPS) is 15.8. The topological polar surface area (TPSA) is 55.4 Å². The zero-order chi connectivity index (χ0) is 20.3. The molecule has 0 saturated heterocycles. The third-order valence-corrected chi connectivity index (χ3v) is 6.93. The summed E-state index contributed by atoms with van der Waals surface area (Å²) < 4.78 is 5.26. The highest BCUT2D eigenvalue weighted by atomic mass is 35.5. The molecule has 1 aliphatic carbocycles. The molecule has 2 aromatic rings. The second kappa shape index (κ2) is 9.29. The third-order valence-electron chi connectivity index (χ3n) is 5.03. The molecule has 7 heteroatoms. The summed E-state index contributed by atoms with van der Waals surface area (Å²) in [6.45, 7) is 4.28. The second-order valence-electron chi connectivity index (χ2n) is 6.92. The number of amides is 1. The highest BCUT2D eigenvalue weighted by molar-refractivity contribution is 7.17. The van der Waals surface area contributed by atoms with E-state index in [0.717, 1.165) is 36.8 Å². The van der Waals surface area contributed by atoms with E-state index in [1.54, 1.807) is 25.1 Å². The molecule has 1 aromatic carbocycles. The lowest BCUT2D eigenvalue weighted by Gasteiger charge is -2.20. The maximum absolute atomic E-state index is 12.6. The predicted molar refractivity (Wildman–Crippen MR) is 115 cm³/mol. The van der Waals surface area contributed by atoms with Gasteiger partial charge in [0.15, 0.2) is 0 Å². The first-order valence-corrected chi connectivity index (χ1v) is 11.1. The lowest BCUT2D eigenvalue weighted by Crippen LogP contribution is -2.18. The fourth-order valence-corrected chi connectivity index (χ4v) is 5.20. The number of hydrogen-bond donors (Lipinski definition) is 1. The molecule has 150 valence electrons. The molecule has 1 aromatic heterocycles. The fraction of sp³-hybridized carbons (Fsp3) is 0.429. The van der Waals surface area contributed by atoms with E-state index >= 15 is 0 Å². The summed E-state index contributed by atoms with van der Waals surface area (Å²) in [4.78, 5) is 26.4. The summed E-state index contributed by atoms with van der Waals surface area (Å²) in [5.41, 5.74) is 2.33. The van der Waals surface area contributed by atoms with Crippen molar-refractivity contribution < 1.29 is 14.3 Å². The van der Waals surface area contributed by atoms with Gasteiger partial charge < -0.3 is 10.1 Å². The number of esters is 1. The minimum atomic E-state index is -0.361. The number of carbonyl (C=O) groups excluding carboxylic acids is 2. The number of thiophene rings is 1. The molecule has 0 fully saturated rings. The Labute approximate surface area is 179 Å². The lowest BCUT2D eigenvalue weighted by molar-refractivity contribution is -0.115. The Morgan fingerprint density at radius 3 is 2.71 bits per heavy atom. The number of anilines is 1. The summed E-state index contributed by atoms with van der Waals surface area (Å²) >= 11 is 13.5. The Kier molecular flexibility index (Phi) is 7.02. The Morgan fingerprint density at radius 2 is 2.04 bits per heavy atom. The van der Waals surface area contributed by atoms with Gasteiger partial charge in [0.05, 0.1) is 28.6 Å². The Hall–Kier alpha value is -1.56. The maximum atomic E-state index is 12.6. The third kappa shape index (κ3) is 4.70. The molecular formula is C21H23Cl2NO3S. The summed E-state index contributed by atoms with van der Waals surface area (Å²) in [6, 6.07) is 5.12. The van der Waals surface area contributed by atoms with Crippen molar-refractivity contribution in [2.45, 2.75) is 46.0 Å². The first-order valence-electron chi connectivity index (χ1n) is 9.48. The average molecular weight is 440 g/mol. The van der Waals surface area contributed by atoms with E-state index in [-0.39, 0.29) is 18.3 Å². The van der Waals surface area contributed by atoms with Crippen molar-refractivity contribution in [2.24, 2.45) is 5.92 Å². The van der Waals surface area contributed by atoms with E-state index in [9.17, 15) is 9.59 Å². The molecule has 1 aliphatic rings. The van der Waals surface area contributed by atoms with Gasteiger partial charge in [-0.05, 0) is 55.4 Å². The standard InChI is InChI=1S/C21H23Cl2NO3S/c1-3-12-5-7-14-17(10-12)28-20(19(14)21(26)27-4-2)24-18(25)11-13-6-8-15(22)16(23)9-13/h6,8-9,12H,3-5,7,10-11H2,1-2H3,(H,24,25). The highest BCUT2D eigenvalue weighted by Gasteiger charge is 2.29. The van der Waals surface area contributed by atoms with Crippen molar-refractivity contribution in [2.75, 3.05) is 11.9 Å². The number of ether oxygens (including phenoxy) is 1. The minimum Gasteiger partial charge on any atom is -0.462 e. The molecule has 0 bridgehead atoms. The van der Waals surface area contributed by atoms with Crippen molar-refractivity contribution in [1.29, 1.82) is 0 Å². The zero-order valence-electron chi connectivity index (χ0n) is 15.9. The van der Waals surface area contributed by atoms with Crippen LogP contribution in [0.2, 0.25) is 10.0 Å². The molecule has 1 N–H and O–H groups in total. The average Bonchev–Trinajstić information content (AvgIpc) is 3.01. The molecule has 0 aliphatic heterocycles. The number of benzene rings is 1. The molecule has 4 nitrogen and oxygen atoms in total. The smallest absolute Gasteiger partial charge is 0.341 e. The number of fused-ring (bicyclic) bond motifs is 1. The van der Waals surface area contributed by atoms with Gasteiger partial charge in [-0.2, -0.15) is 0 Å². The number of rotatable bonds is 6. The molecule has 1 unspecified atom stereocenters. The van der Waals surface area contributed by atoms with Crippen LogP contribution < -0.4 is 5.32 Å². The number of halogens is 2. The largest absolute Gasteiger partial charge is 0.462 e. The van der Waals surface area contributed by atoms with Gasteiger partial charge in [0.25, 0.3) is 0 Å². The highest BCUT2D eigenvalue weighted by Crippen LogP contribution is 2.41. The van der Waals surface area contributed by atoms with Crippen LogP contribution in [0.1, 0.15) is 53.1 Å². The van der Waals surface area contributed by atoms with Gasteiger partial charge in [0, 0.05) is 4.88 Å². The monoisotopic (exact) mass is 439 g/mol. The summed E-state index contributed by atoms with van der Waals surface area (Å²) in [7, 11) is 0. The summed E-state index contributed by atoms with van der Waals surface area (Å²) in [6.07, 6.45) is 4.13. The quantitative estimate of drug-likeness (QED) is 0.567. The Bertz CT molecular complexity index is 894. The molecule has 3 rings (SSSR count). The molecule has 0 saturated carbocycles. The van der Waals surface area contributed by atoms with Crippen LogP contribution in [0.5, 0.6) is 0 Å². The summed E-state index contributed by atoms with van der Waals surface area (Å²) in [5.74, 6) is 0.0651. The van der Waals surface area contributed by atoms with E-state index in [2.05, 4.69) is 12.2 Å². The van der Waals surface area contributed by atoms with Gasteiger partial charge in [-0.3, -0.25) is 4.79 Å². The van der Waals surface area contributed by atoms with Crippen LogP contribution >= 0.6 is 34.5 Å². The molecule has 1 amide bonds. The fourth-order valence-electron chi connectivity index (χ4n) is 3.52. The maximum Gasteiger partial charge on any atom is 0.341 e. The number of nitrogens with one attached hydrogen (secondary N) is 1. The van der Waals surface area contributed by atoms with Crippen molar-refractivity contribution in [1.82, 2.24) is 0 Å². The molecule has 1 atom stereocenters. The van der Waals surface area contributed by atoms with Crippen LogP contribution in [0.25, 0.3) is 0 Å². The van der Waals surface area contributed by atoms with Gasteiger partial charge >= 0.3 is 5.97 Å². The van der Waals surface area contributed by atoms with Gasteiger partial charge in [-0.15, -0.1) is 11.3 Å². The first-order chi connectivity index (χ1) is 13.4. The van der Waals surface area contributed by atoms with Crippen molar-refractivity contribution >= 4 is 51.4 Å². The molecule has 0 spiro atoms. The zero-order valence-corrected chi connectivity index (χ0v) is 18.3. The van der Waals surface area contributed by atoms with Crippen LogP contribution in [0.4, 0.5) is 5.00 Å². The van der Waals surface area contributed by atoms with E-state index in [0.29, 0.717) is 33.1 Å². The van der Waals surface area contributed by atoms with Crippen LogP contribution in [-0.2, 0) is 28.8 Å². The molecule has 28 heavy (non-hydrogen) atoms. The van der Waals surface area contributed by atoms with Crippen LogP contribution in [0, 0.1) is 5.92 Å². The number of carbonyl (C=O) groups is 2. The van der Waals surface area contributed by atoms with Crippen molar-refractivity contribution in [3.05, 3.63) is 49.8 Å². The molecule has 1 heterocycles. The van der Waals surface area contributed by atoms with Gasteiger partial charge in [-0.25, -0.2) is 4.79 Å². The van der Waals surface area contributed by atoms with E-state index in [1.807, 2.05) is 0 Å². The van der Waals surface area contributed by atoms with E-state index in [4.69, 9.17) is 27.9 Å². The van der Waals surface area contributed by atoms with Crippen molar-refractivity contribution in [3.63, 3.8) is 0 Å². The Morgan fingerprint density at radius 1 is 1.25 bits per heavy atom. The number of hydrogen-bond acceptors (Lipinski definition) is 4. The SMILES string of the molecule is CCOC(=O)c1c(NC(=O)Cc2ccc(Cl)c(Cl)c2)sc2c1CCC(CC)C2. The second-order valence-corrected chi connectivity index (χ2v) is 8.84. The summed E-state index contributed by atoms with van der Waals surface area (Å²) in [5, 5.41) is 4.38. The first kappa shape index (κ1) is 21.2. The van der Waals surface area contributed by atoms with Crippen LogP contribution in [0.3, 0.4) is 0 Å². The van der Waals surface area contributed by atoms with Gasteiger partial charge in [0.2, 0.25) is 5.91 Å². The van der Waals surface area contributed by atoms with Crippen molar-refractivity contribution in [3.8, 4) is 0 Å². The lowest BCUT2D eigenvalue weighted by atomic mass is 9.85. The van der Waals surface area contributed by atoms with Gasteiger partial charge in [-0.1, -0.05) is 42.6 Å².